The van der Waals surface area contributed by atoms with Gasteiger partial charge >= 0.3 is 12.0 Å². The number of amides is 3. The quantitative estimate of drug-likeness (QED) is 0.576. The number of carbonyl (C=O) groups is 3. The molecule has 1 atom stereocenters. The van der Waals surface area contributed by atoms with Crippen molar-refractivity contribution >= 4 is 29.5 Å². The van der Waals surface area contributed by atoms with Gasteiger partial charge in [-0.3, -0.25) is 14.6 Å². The van der Waals surface area contributed by atoms with Crippen LogP contribution in [0.15, 0.2) is 59.8 Å². The third-order valence-electron chi connectivity index (χ3n) is 6.62. The lowest BCUT2D eigenvalue weighted by Gasteiger charge is -2.36. The first-order chi connectivity index (χ1) is 17.8. The predicted molar refractivity (Wildman–Crippen MR) is 138 cm³/mol. The molecule has 0 aliphatic carbocycles. The molecule has 8 nitrogen and oxygen atoms in total. The van der Waals surface area contributed by atoms with Crippen molar-refractivity contribution in [3.05, 3.63) is 81.8 Å². The number of halogens is 2. The number of benzene rings is 2. The summed E-state index contributed by atoms with van der Waals surface area (Å²) in [6.07, 6.45) is 0.714. The minimum atomic E-state index is -0.682. The fourth-order valence-corrected chi connectivity index (χ4v) is 4.75. The van der Waals surface area contributed by atoms with Crippen molar-refractivity contribution in [3.8, 4) is 0 Å². The van der Waals surface area contributed by atoms with Gasteiger partial charge in [0.05, 0.1) is 18.2 Å². The Kier molecular flexibility index (Phi) is 8.45. The zero-order chi connectivity index (χ0) is 26.5. The van der Waals surface area contributed by atoms with Crippen LogP contribution in [-0.2, 0) is 9.53 Å². The van der Waals surface area contributed by atoms with Crippen LogP contribution in [0.25, 0.3) is 0 Å². The monoisotopic (exact) mass is 528 g/mol. The number of likely N-dealkylation sites (N-methyl/N-ethyl adjacent to an activating group) is 1. The lowest BCUT2D eigenvalue weighted by Crippen LogP contribution is -2.49. The molecule has 2 aliphatic heterocycles. The first-order valence-electron chi connectivity index (χ1n) is 12.3. The summed E-state index contributed by atoms with van der Waals surface area (Å²) in [7, 11) is 1.63. The molecule has 10 heteroatoms. The average molecular weight is 529 g/mol. The smallest absolute Gasteiger partial charge is 0.338 e. The molecule has 4 rings (SSSR count). The van der Waals surface area contributed by atoms with Gasteiger partial charge in [-0.15, -0.1) is 0 Å². The molecule has 0 radical (unpaired) electrons. The molecule has 2 heterocycles. The van der Waals surface area contributed by atoms with Gasteiger partial charge in [-0.1, -0.05) is 23.7 Å². The van der Waals surface area contributed by atoms with Crippen molar-refractivity contribution < 1.29 is 23.5 Å². The maximum Gasteiger partial charge on any atom is 0.338 e. The van der Waals surface area contributed by atoms with Crippen LogP contribution in [0, 0.1) is 5.82 Å². The standard InChI is InChI=1S/C27H30ClFN4O4/c1-3-37-26(35)23-22(31(2)27(36)30-24(23)18-5-9-20(28)10-6-18)17-32-13-4-14-33(16-15-32)25(34)19-7-11-21(29)12-8-19/h5-12,24H,3-4,13-17H2,1-2H3,(H,30,36)/t24-/m1/s1. The predicted octanol–water partition coefficient (Wildman–Crippen LogP) is 3.84. The second-order valence-corrected chi connectivity index (χ2v) is 9.44. The van der Waals surface area contributed by atoms with Gasteiger partial charge in [0.2, 0.25) is 0 Å². The van der Waals surface area contributed by atoms with E-state index in [2.05, 4.69) is 10.2 Å². The van der Waals surface area contributed by atoms with Crippen LogP contribution < -0.4 is 5.32 Å². The van der Waals surface area contributed by atoms with E-state index in [1.54, 1.807) is 43.1 Å². The van der Waals surface area contributed by atoms with Gasteiger partial charge in [0, 0.05) is 56.1 Å². The number of rotatable bonds is 6. The highest BCUT2D eigenvalue weighted by molar-refractivity contribution is 6.30. The largest absolute Gasteiger partial charge is 0.463 e. The summed E-state index contributed by atoms with van der Waals surface area (Å²) >= 11 is 6.05. The molecule has 0 bridgehead atoms. The van der Waals surface area contributed by atoms with Gasteiger partial charge < -0.3 is 15.0 Å². The highest BCUT2D eigenvalue weighted by Crippen LogP contribution is 2.32. The Bertz CT molecular complexity index is 1190. The number of nitrogens with one attached hydrogen (secondary N) is 1. The van der Waals surface area contributed by atoms with E-state index in [-0.39, 0.29) is 24.4 Å². The zero-order valence-electron chi connectivity index (χ0n) is 20.9. The number of carbonyl (C=O) groups excluding carboxylic acids is 3. The second-order valence-electron chi connectivity index (χ2n) is 9.00. The first-order valence-corrected chi connectivity index (χ1v) is 12.6. The molecule has 3 amide bonds. The Morgan fingerprint density at radius 3 is 2.43 bits per heavy atom. The van der Waals surface area contributed by atoms with Gasteiger partial charge in [-0.25, -0.2) is 14.0 Å². The van der Waals surface area contributed by atoms with E-state index in [1.807, 2.05) is 0 Å². The number of ether oxygens (including phenoxy) is 1. The number of hydrogen-bond acceptors (Lipinski definition) is 5. The number of urea groups is 1. The lowest BCUT2D eigenvalue weighted by molar-refractivity contribution is -0.139. The Hall–Kier alpha value is -3.43. The molecule has 2 aromatic rings. The molecule has 37 heavy (non-hydrogen) atoms. The average Bonchev–Trinajstić information content (AvgIpc) is 3.13. The van der Waals surface area contributed by atoms with E-state index in [0.29, 0.717) is 61.0 Å². The molecule has 1 fully saturated rings. The van der Waals surface area contributed by atoms with Crippen molar-refractivity contribution in [3.63, 3.8) is 0 Å². The van der Waals surface area contributed by atoms with Gasteiger partial charge in [0.25, 0.3) is 5.91 Å². The summed E-state index contributed by atoms with van der Waals surface area (Å²) in [5.74, 6) is -1.03. The highest BCUT2D eigenvalue weighted by atomic mass is 35.5. The van der Waals surface area contributed by atoms with Crippen LogP contribution in [-0.4, -0.2) is 79.0 Å². The Labute approximate surface area is 220 Å². The van der Waals surface area contributed by atoms with Crippen molar-refractivity contribution in [2.75, 3.05) is 46.4 Å². The normalized spacial score (nSPS) is 18.9. The topological polar surface area (TPSA) is 82.2 Å². The molecule has 0 aromatic heterocycles. The molecule has 1 saturated heterocycles. The molecule has 2 aliphatic rings. The van der Waals surface area contributed by atoms with E-state index in [9.17, 15) is 18.8 Å². The highest BCUT2D eigenvalue weighted by Gasteiger charge is 2.37. The van der Waals surface area contributed by atoms with Gasteiger partial charge in [-0.05, 0) is 55.3 Å². The minimum Gasteiger partial charge on any atom is -0.463 e. The lowest BCUT2D eigenvalue weighted by atomic mass is 9.94. The molecular weight excluding hydrogens is 499 g/mol. The maximum atomic E-state index is 13.3. The number of nitrogens with zero attached hydrogens (tertiary/aromatic N) is 3. The van der Waals surface area contributed by atoms with Gasteiger partial charge in [0.15, 0.2) is 0 Å². The second kappa shape index (κ2) is 11.7. The Morgan fingerprint density at radius 1 is 1.05 bits per heavy atom. The van der Waals surface area contributed by atoms with Crippen LogP contribution in [0.4, 0.5) is 9.18 Å². The van der Waals surface area contributed by atoms with Crippen LogP contribution >= 0.6 is 11.6 Å². The van der Waals surface area contributed by atoms with Crippen molar-refractivity contribution in [1.82, 2.24) is 20.0 Å². The molecule has 0 unspecified atom stereocenters. The summed E-state index contributed by atoms with van der Waals surface area (Å²) in [6.45, 7) is 4.52. The van der Waals surface area contributed by atoms with E-state index in [1.165, 1.54) is 29.2 Å². The summed E-state index contributed by atoms with van der Waals surface area (Å²) < 4.78 is 18.7. The van der Waals surface area contributed by atoms with Crippen molar-refractivity contribution in [2.45, 2.75) is 19.4 Å². The zero-order valence-corrected chi connectivity index (χ0v) is 21.6. The summed E-state index contributed by atoms with van der Waals surface area (Å²) in [6, 6.07) is 11.5. The molecular formula is C27H30ClFN4O4. The number of esters is 1. The Balaban J connectivity index is 1.58. The summed E-state index contributed by atoms with van der Waals surface area (Å²) in [5, 5.41) is 3.45. The van der Waals surface area contributed by atoms with Crippen molar-refractivity contribution in [1.29, 1.82) is 0 Å². The third-order valence-corrected chi connectivity index (χ3v) is 6.87. The van der Waals surface area contributed by atoms with E-state index in [0.717, 1.165) is 5.56 Å². The van der Waals surface area contributed by atoms with E-state index >= 15 is 0 Å². The van der Waals surface area contributed by atoms with Crippen LogP contribution in [0.3, 0.4) is 0 Å². The number of hydrogen-bond donors (Lipinski definition) is 1. The summed E-state index contributed by atoms with van der Waals surface area (Å²) in [5.41, 5.74) is 2.09. The minimum absolute atomic E-state index is 0.148. The molecule has 196 valence electrons. The van der Waals surface area contributed by atoms with E-state index < -0.39 is 12.0 Å². The molecule has 1 N–H and O–H groups in total. The molecule has 0 spiro atoms. The van der Waals surface area contributed by atoms with Crippen LogP contribution in [0.1, 0.15) is 35.3 Å². The Morgan fingerprint density at radius 2 is 1.76 bits per heavy atom. The first kappa shape index (κ1) is 26.6. The fraction of sp³-hybridized carbons (Fsp3) is 0.370. The van der Waals surface area contributed by atoms with Gasteiger partial charge in [-0.2, -0.15) is 0 Å². The summed E-state index contributed by atoms with van der Waals surface area (Å²) in [4.78, 5) is 44.3. The SMILES string of the molecule is CCOC(=O)C1=C(CN2CCCN(C(=O)c3ccc(F)cc3)CC2)N(C)C(=O)N[C@@H]1c1ccc(Cl)cc1. The maximum absolute atomic E-state index is 13.3. The van der Waals surface area contributed by atoms with Crippen molar-refractivity contribution in [2.24, 2.45) is 0 Å². The van der Waals surface area contributed by atoms with Gasteiger partial charge in [0.1, 0.15) is 5.82 Å². The third kappa shape index (κ3) is 6.11. The van der Waals surface area contributed by atoms with Crippen LogP contribution in [0.5, 0.6) is 0 Å². The molecule has 0 saturated carbocycles. The molecule has 2 aromatic carbocycles. The van der Waals surface area contributed by atoms with E-state index in [4.69, 9.17) is 16.3 Å². The fourth-order valence-electron chi connectivity index (χ4n) is 4.62. The van der Waals surface area contributed by atoms with Crippen LogP contribution in [0.2, 0.25) is 5.02 Å².